The van der Waals surface area contributed by atoms with Gasteiger partial charge in [0.1, 0.15) is 5.76 Å². The van der Waals surface area contributed by atoms with Gasteiger partial charge in [0.25, 0.3) is 0 Å². The molecule has 1 saturated heterocycles. The molecular formula is C20H28N4O5. The molecule has 2 heterocycles. The molecule has 1 amide bonds. The van der Waals surface area contributed by atoms with Crippen molar-refractivity contribution in [1.82, 2.24) is 15.0 Å². The lowest BCUT2D eigenvalue weighted by molar-refractivity contribution is -0.117. The van der Waals surface area contributed by atoms with Gasteiger partial charge in [-0.1, -0.05) is 11.2 Å². The second-order valence-electron chi connectivity index (χ2n) is 6.92. The SMILES string of the molecule is COc1ccc(CN2CCN(CC(=O)Nc3cc(C)on3)CC2)c(OC)c1OC. The van der Waals surface area contributed by atoms with Crippen LogP contribution in [0.5, 0.6) is 17.2 Å². The van der Waals surface area contributed by atoms with E-state index in [4.69, 9.17) is 18.7 Å². The predicted molar refractivity (Wildman–Crippen MR) is 108 cm³/mol. The van der Waals surface area contributed by atoms with Gasteiger partial charge in [0.05, 0.1) is 27.9 Å². The van der Waals surface area contributed by atoms with Crippen molar-refractivity contribution in [2.24, 2.45) is 0 Å². The molecule has 1 aromatic heterocycles. The van der Waals surface area contributed by atoms with Crippen LogP contribution in [0.2, 0.25) is 0 Å². The Balaban J connectivity index is 1.53. The average molecular weight is 404 g/mol. The van der Waals surface area contributed by atoms with Crippen LogP contribution in [-0.2, 0) is 11.3 Å². The average Bonchev–Trinajstić information content (AvgIpc) is 3.13. The molecule has 1 aliphatic heterocycles. The Morgan fingerprint density at radius 2 is 1.76 bits per heavy atom. The Bertz CT molecular complexity index is 830. The highest BCUT2D eigenvalue weighted by Crippen LogP contribution is 2.40. The number of anilines is 1. The van der Waals surface area contributed by atoms with Gasteiger partial charge in [-0.2, -0.15) is 0 Å². The Kier molecular flexibility index (Phi) is 6.95. The van der Waals surface area contributed by atoms with Crippen molar-refractivity contribution in [2.75, 3.05) is 59.4 Å². The van der Waals surface area contributed by atoms with Gasteiger partial charge in [0, 0.05) is 44.4 Å². The Labute approximate surface area is 170 Å². The fraction of sp³-hybridized carbons (Fsp3) is 0.500. The number of hydrogen-bond donors (Lipinski definition) is 1. The normalized spacial score (nSPS) is 15.2. The maximum atomic E-state index is 12.2. The molecule has 0 spiro atoms. The fourth-order valence-corrected chi connectivity index (χ4v) is 3.44. The van der Waals surface area contributed by atoms with Gasteiger partial charge < -0.3 is 24.1 Å². The van der Waals surface area contributed by atoms with Crippen molar-refractivity contribution in [3.8, 4) is 17.2 Å². The number of methoxy groups -OCH3 is 3. The molecule has 9 heteroatoms. The number of aromatic nitrogens is 1. The van der Waals surface area contributed by atoms with E-state index in [0.717, 1.165) is 38.3 Å². The fourth-order valence-electron chi connectivity index (χ4n) is 3.44. The van der Waals surface area contributed by atoms with Crippen LogP contribution in [0.25, 0.3) is 0 Å². The first-order valence-corrected chi connectivity index (χ1v) is 9.49. The third-order valence-electron chi connectivity index (χ3n) is 4.91. The minimum atomic E-state index is -0.0895. The summed E-state index contributed by atoms with van der Waals surface area (Å²) in [6.07, 6.45) is 0. The number of nitrogens with one attached hydrogen (secondary N) is 1. The van der Waals surface area contributed by atoms with E-state index < -0.39 is 0 Å². The number of carbonyl (C=O) groups excluding carboxylic acids is 1. The number of rotatable bonds is 8. The monoisotopic (exact) mass is 404 g/mol. The minimum absolute atomic E-state index is 0.0895. The first-order valence-electron chi connectivity index (χ1n) is 9.49. The summed E-state index contributed by atoms with van der Waals surface area (Å²) in [5, 5.41) is 6.54. The molecule has 0 aliphatic carbocycles. The third-order valence-corrected chi connectivity index (χ3v) is 4.91. The minimum Gasteiger partial charge on any atom is -0.493 e. The van der Waals surface area contributed by atoms with Crippen LogP contribution in [0.15, 0.2) is 22.7 Å². The first-order chi connectivity index (χ1) is 14.0. The summed E-state index contributed by atoms with van der Waals surface area (Å²) in [6.45, 7) is 6.18. The second-order valence-corrected chi connectivity index (χ2v) is 6.92. The number of hydrogen-bond acceptors (Lipinski definition) is 8. The molecule has 158 valence electrons. The van der Waals surface area contributed by atoms with E-state index in [9.17, 15) is 4.79 Å². The summed E-state index contributed by atoms with van der Waals surface area (Å²) in [4.78, 5) is 16.6. The number of nitrogens with zero attached hydrogens (tertiary/aromatic N) is 3. The van der Waals surface area contributed by atoms with E-state index in [1.165, 1.54) is 0 Å². The van der Waals surface area contributed by atoms with Gasteiger partial charge >= 0.3 is 0 Å². The summed E-state index contributed by atoms with van der Waals surface area (Å²) in [5.41, 5.74) is 1.04. The molecular weight excluding hydrogens is 376 g/mol. The number of piperazine rings is 1. The quantitative estimate of drug-likeness (QED) is 0.712. The van der Waals surface area contributed by atoms with E-state index in [0.29, 0.717) is 35.4 Å². The van der Waals surface area contributed by atoms with Crippen LogP contribution >= 0.6 is 0 Å². The zero-order valence-electron chi connectivity index (χ0n) is 17.4. The molecule has 9 nitrogen and oxygen atoms in total. The Hall–Kier alpha value is -2.78. The van der Waals surface area contributed by atoms with Gasteiger partial charge in [-0.05, 0) is 13.0 Å². The van der Waals surface area contributed by atoms with Gasteiger partial charge in [0.15, 0.2) is 17.3 Å². The van der Waals surface area contributed by atoms with Gasteiger partial charge in [-0.25, -0.2) is 0 Å². The zero-order valence-corrected chi connectivity index (χ0v) is 17.4. The van der Waals surface area contributed by atoms with Crippen molar-refractivity contribution in [1.29, 1.82) is 0 Å². The maximum Gasteiger partial charge on any atom is 0.239 e. The molecule has 0 radical (unpaired) electrons. The lowest BCUT2D eigenvalue weighted by Gasteiger charge is -2.34. The highest BCUT2D eigenvalue weighted by molar-refractivity contribution is 5.91. The molecule has 29 heavy (non-hydrogen) atoms. The third kappa shape index (κ3) is 5.18. The number of benzene rings is 1. The largest absolute Gasteiger partial charge is 0.493 e. The number of aryl methyl sites for hydroxylation is 1. The standard InChI is InChI=1S/C20H28N4O5/c1-14-11-17(22-29-14)21-18(25)13-24-9-7-23(8-10-24)12-15-5-6-16(26-2)20(28-4)19(15)27-3/h5-6,11H,7-10,12-13H2,1-4H3,(H,21,22,25). The lowest BCUT2D eigenvalue weighted by atomic mass is 10.1. The zero-order chi connectivity index (χ0) is 20.8. The number of carbonyl (C=O) groups is 1. The first kappa shape index (κ1) is 20.9. The van der Waals surface area contributed by atoms with Crippen LogP contribution in [0.3, 0.4) is 0 Å². The smallest absolute Gasteiger partial charge is 0.239 e. The second kappa shape index (κ2) is 9.62. The van der Waals surface area contributed by atoms with Crippen LogP contribution in [0, 0.1) is 6.92 Å². The van der Waals surface area contributed by atoms with Crippen molar-refractivity contribution in [3.05, 3.63) is 29.5 Å². The molecule has 1 aromatic carbocycles. The number of ether oxygens (including phenoxy) is 3. The summed E-state index contributed by atoms with van der Waals surface area (Å²) in [7, 11) is 4.85. The number of amides is 1. The van der Waals surface area contributed by atoms with E-state index in [1.807, 2.05) is 12.1 Å². The van der Waals surface area contributed by atoms with Gasteiger partial charge in [-0.3, -0.25) is 14.6 Å². The predicted octanol–water partition coefficient (Wildman–Crippen LogP) is 1.77. The van der Waals surface area contributed by atoms with E-state index in [2.05, 4.69) is 20.3 Å². The van der Waals surface area contributed by atoms with Gasteiger partial charge in [-0.15, -0.1) is 0 Å². The molecule has 0 bridgehead atoms. The summed E-state index contributed by atoms with van der Waals surface area (Å²) >= 11 is 0. The Morgan fingerprint density at radius 1 is 1.07 bits per heavy atom. The molecule has 0 atom stereocenters. The summed E-state index contributed by atoms with van der Waals surface area (Å²) < 4.78 is 21.4. The molecule has 2 aromatic rings. The van der Waals surface area contributed by atoms with Crippen molar-refractivity contribution >= 4 is 11.7 Å². The highest BCUT2D eigenvalue weighted by atomic mass is 16.5. The molecule has 0 unspecified atom stereocenters. The summed E-state index contributed by atoms with van der Waals surface area (Å²) in [6, 6.07) is 5.59. The lowest BCUT2D eigenvalue weighted by Crippen LogP contribution is -2.48. The molecule has 1 N–H and O–H groups in total. The van der Waals surface area contributed by atoms with Crippen molar-refractivity contribution in [3.63, 3.8) is 0 Å². The van der Waals surface area contributed by atoms with Crippen molar-refractivity contribution < 1.29 is 23.5 Å². The van der Waals surface area contributed by atoms with Crippen LogP contribution in [0.4, 0.5) is 5.82 Å². The molecule has 3 rings (SSSR count). The molecule has 0 saturated carbocycles. The molecule has 1 aliphatic rings. The van der Waals surface area contributed by atoms with E-state index in [1.54, 1.807) is 34.3 Å². The molecule has 1 fully saturated rings. The topological polar surface area (TPSA) is 89.3 Å². The summed E-state index contributed by atoms with van der Waals surface area (Å²) in [5.74, 6) is 2.97. The van der Waals surface area contributed by atoms with E-state index >= 15 is 0 Å². The van der Waals surface area contributed by atoms with Crippen LogP contribution < -0.4 is 19.5 Å². The van der Waals surface area contributed by atoms with E-state index in [-0.39, 0.29) is 5.91 Å². The highest BCUT2D eigenvalue weighted by Gasteiger charge is 2.22. The van der Waals surface area contributed by atoms with Crippen molar-refractivity contribution in [2.45, 2.75) is 13.5 Å². The van der Waals surface area contributed by atoms with Gasteiger partial charge in [0.2, 0.25) is 11.7 Å². The van der Waals surface area contributed by atoms with Crippen LogP contribution in [0.1, 0.15) is 11.3 Å². The maximum absolute atomic E-state index is 12.2. The van der Waals surface area contributed by atoms with Crippen LogP contribution in [-0.4, -0.2) is 74.9 Å². The Morgan fingerprint density at radius 3 is 2.34 bits per heavy atom.